The van der Waals surface area contributed by atoms with Crippen molar-refractivity contribution in [2.45, 2.75) is 20.0 Å². The van der Waals surface area contributed by atoms with Crippen molar-refractivity contribution in [3.63, 3.8) is 0 Å². The highest BCUT2D eigenvalue weighted by Gasteiger charge is 2.11. The van der Waals surface area contributed by atoms with Crippen molar-refractivity contribution < 1.29 is 13.9 Å². The van der Waals surface area contributed by atoms with E-state index in [2.05, 4.69) is 0 Å². The first-order valence-corrected chi connectivity index (χ1v) is 6.93. The maximum absolute atomic E-state index is 12.6. The largest absolute Gasteiger partial charge is 0.491 e. The van der Waals surface area contributed by atoms with Crippen LogP contribution in [0.25, 0.3) is 21.9 Å². The number of primary amides is 1. The van der Waals surface area contributed by atoms with E-state index in [1.54, 1.807) is 24.3 Å². The molecule has 3 rings (SSSR count). The molecule has 0 saturated heterocycles. The highest BCUT2D eigenvalue weighted by molar-refractivity contribution is 5.98. The number of carbonyl (C=O) groups excluding carboxylic acids is 1. The van der Waals surface area contributed by atoms with Crippen LogP contribution in [-0.4, -0.2) is 12.0 Å². The second kappa shape index (κ2) is 5.18. The molecule has 0 atom stereocenters. The molecule has 0 aliphatic rings. The lowest BCUT2D eigenvalue weighted by atomic mass is 10.1. The lowest BCUT2D eigenvalue weighted by molar-refractivity contribution is 0.100. The zero-order valence-corrected chi connectivity index (χ0v) is 12.3. The minimum atomic E-state index is -0.565. The second-order valence-electron chi connectivity index (χ2n) is 5.33. The maximum Gasteiger partial charge on any atom is 0.248 e. The number of fused-ring (bicyclic) bond motifs is 2. The van der Waals surface area contributed by atoms with Gasteiger partial charge in [-0.1, -0.05) is 0 Å². The SMILES string of the molecule is CC(C)Oc1ccc2oc3cc(C(N)=O)ccc3c(=O)c2c1. The first-order valence-electron chi connectivity index (χ1n) is 6.93. The summed E-state index contributed by atoms with van der Waals surface area (Å²) in [6.07, 6.45) is 0.0167. The van der Waals surface area contributed by atoms with Crippen LogP contribution in [0.15, 0.2) is 45.6 Å². The van der Waals surface area contributed by atoms with E-state index in [0.29, 0.717) is 33.3 Å². The van der Waals surface area contributed by atoms with E-state index in [1.165, 1.54) is 12.1 Å². The van der Waals surface area contributed by atoms with Crippen molar-refractivity contribution in [1.29, 1.82) is 0 Å². The van der Waals surface area contributed by atoms with Crippen LogP contribution in [-0.2, 0) is 0 Å². The van der Waals surface area contributed by atoms with Gasteiger partial charge < -0.3 is 14.9 Å². The summed E-state index contributed by atoms with van der Waals surface area (Å²) in [5.41, 5.74) is 6.16. The fourth-order valence-corrected chi connectivity index (χ4v) is 2.33. The molecule has 0 radical (unpaired) electrons. The zero-order chi connectivity index (χ0) is 15.9. The first kappa shape index (κ1) is 14.1. The van der Waals surface area contributed by atoms with E-state index >= 15 is 0 Å². The highest BCUT2D eigenvalue weighted by Crippen LogP contribution is 2.23. The van der Waals surface area contributed by atoms with Crippen molar-refractivity contribution in [2.75, 3.05) is 0 Å². The van der Waals surface area contributed by atoms with E-state index in [0.717, 1.165) is 0 Å². The third-order valence-corrected chi connectivity index (χ3v) is 3.30. The zero-order valence-electron chi connectivity index (χ0n) is 12.3. The molecular formula is C17H15NO4. The van der Waals surface area contributed by atoms with Crippen LogP contribution in [0.3, 0.4) is 0 Å². The number of hydrogen-bond donors (Lipinski definition) is 1. The Kier molecular flexibility index (Phi) is 3.33. The maximum atomic E-state index is 12.6. The van der Waals surface area contributed by atoms with Crippen LogP contribution >= 0.6 is 0 Å². The van der Waals surface area contributed by atoms with Crippen LogP contribution < -0.4 is 15.9 Å². The second-order valence-corrected chi connectivity index (χ2v) is 5.33. The Hall–Kier alpha value is -2.82. The normalized spacial score (nSPS) is 11.2. The van der Waals surface area contributed by atoms with Gasteiger partial charge in [-0.05, 0) is 50.2 Å². The average Bonchev–Trinajstić information content (AvgIpc) is 2.47. The molecule has 112 valence electrons. The Labute approximate surface area is 126 Å². The molecular weight excluding hydrogens is 282 g/mol. The predicted octanol–water partition coefficient (Wildman–Crippen LogP) is 2.83. The van der Waals surface area contributed by atoms with Gasteiger partial charge in [0, 0.05) is 5.56 Å². The summed E-state index contributed by atoms with van der Waals surface area (Å²) < 4.78 is 11.3. The molecule has 22 heavy (non-hydrogen) atoms. The van der Waals surface area contributed by atoms with E-state index < -0.39 is 5.91 Å². The van der Waals surface area contributed by atoms with Gasteiger partial charge in [0.25, 0.3) is 0 Å². The fourth-order valence-electron chi connectivity index (χ4n) is 2.33. The quantitative estimate of drug-likeness (QED) is 0.753. The van der Waals surface area contributed by atoms with Gasteiger partial charge in [-0.3, -0.25) is 9.59 Å². The lowest BCUT2D eigenvalue weighted by Gasteiger charge is -2.10. The van der Waals surface area contributed by atoms with Gasteiger partial charge in [0.05, 0.1) is 16.9 Å². The van der Waals surface area contributed by atoms with Gasteiger partial charge in [-0.25, -0.2) is 0 Å². The molecule has 0 saturated carbocycles. The first-order chi connectivity index (χ1) is 10.5. The molecule has 1 aromatic heterocycles. The average molecular weight is 297 g/mol. The number of rotatable bonds is 3. The Balaban J connectivity index is 2.26. The topological polar surface area (TPSA) is 82.5 Å². The third kappa shape index (κ3) is 2.41. The van der Waals surface area contributed by atoms with Gasteiger partial charge in [0.1, 0.15) is 16.9 Å². The molecule has 0 aliphatic heterocycles. The third-order valence-electron chi connectivity index (χ3n) is 3.30. The number of nitrogens with two attached hydrogens (primary N) is 1. The van der Waals surface area contributed by atoms with E-state index in [4.69, 9.17) is 14.9 Å². The monoisotopic (exact) mass is 297 g/mol. The molecule has 0 spiro atoms. The van der Waals surface area contributed by atoms with Gasteiger partial charge >= 0.3 is 0 Å². The fraction of sp³-hybridized carbons (Fsp3) is 0.176. The molecule has 3 aromatic rings. The molecule has 1 amide bonds. The molecule has 0 fully saturated rings. The Morgan fingerprint density at radius 3 is 2.55 bits per heavy atom. The molecule has 2 aromatic carbocycles. The molecule has 5 heteroatoms. The minimum absolute atomic E-state index is 0.0167. The number of ether oxygens (including phenoxy) is 1. The van der Waals surface area contributed by atoms with Crippen molar-refractivity contribution in [2.24, 2.45) is 5.73 Å². The minimum Gasteiger partial charge on any atom is -0.491 e. The van der Waals surface area contributed by atoms with Gasteiger partial charge in [0.2, 0.25) is 11.3 Å². The summed E-state index contributed by atoms with van der Waals surface area (Å²) in [5.74, 6) is 0.0493. The summed E-state index contributed by atoms with van der Waals surface area (Å²) in [7, 11) is 0. The van der Waals surface area contributed by atoms with E-state index in [1.807, 2.05) is 13.8 Å². The molecule has 2 N–H and O–H groups in total. The number of benzene rings is 2. The number of amides is 1. The number of carbonyl (C=O) groups is 1. The number of hydrogen-bond acceptors (Lipinski definition) is 4. The Bertz CT molecular complexity index is 940. The molecule has 0 unspecified atom stereocenters. The molecule has 0 aliphatic carbocycles. The van der Waals surface area contributed by atoms with Gasteiger partial charge in [0.15, 0.2) is 0 Å². The van der Waals surface area contributed by atoms with Crippen LogP contribution in [0.1, 0.15) is 24.2 Å². The van der Waals surface area contributed by atoms with Crippen LogP contribution in [0, 0.1) is 0 Å². The highest BCUT2D eigenvalue weighted by atomic mass is 16.5. The van der Waals surface area contributed by atoms with Crippen LogP contribution in [0.5, 0.6) is 5.75 Å². The van der Waals surface area contributed by atoms with E-state index in [-0.39, 0.29) is 11.5 Å². The van der Waals surface area contributed by atoms with Crippen molar-refractivity contribution in [3.05, 3.63) is 52.2 Å². The predicted molar refractivity (Wildman–Crippen MR) is 84.3 cm³/mol. The Morgan fingerprint density at radius 2 is 1.86 bits per heavy atom. The standard InChI is InChI=1S/C17H15NO4/c1-9(2)21-11-4-6-14-13(8-11)16(19)12-5-3-10(17(18)20)7-15(12)22-14/h3-9H,1-2H3,(H2,18,20). The Morgan fingerprint density at radius 1 is 1.09 bits per heavy atom. The van der Waals surface area contributed by atoms with E-state index in [9.17, 15) is 9.59 Å². The van der Waals surface area contributed by atoms with Gasteiger partial charge in [-0.2, -0.15) is 0 Å². The molecule has 5 nitrogen and oxygen atoms in total. The summed E-state index contributed by atoms with van der Waals surface area (Å²) >= 11 is 0. The summed E-state index contributed by atoms with van der Waals surface area (Å²) in [4.78, 5) is 23.8. The van der Waals surface area contributed by atoms with Crippen molar-refractivity contribution in [1.82, 2.24) is 0 Å². The summed E-state index contributed by atoms with van der Waals surface area (Å²) in [6.45, 7) is 3.83. The van der Waals surface area contributed by atoms with Crippen molar-refractivity contribution in [3.8, 4) is 5.75 Å². The molecule has 1 heterocycles. The van der Waals surface area contributed by atoms with Crippen LogP contribution in [0.4, 0.5) is 0 Å². The lowest BCUT2D eigenvalue weighted by Crippen LogP contribution is -2.11. The van der Waals surface area contributed by atoms with Crippen molar-refractivity contribution >= 4 is 27.8 Å². The smallest absolute Gasteiger partial charge is 0.248 e. The van der Waals surface area contributed by atoms with Crippen LogP contribution in [0.2, 0.25) is 0 Å². The summed E-state index contributed by atoms with van der Waals surface area (Å²) in [5, 5.41) is 0.844. The summed E-state index contributed by atoms with van der Waals surface area (Å²) in [6, 6.07) is 9.65. The van der Waals surface area contributed by atoms with Gasteiger partial charge in [-0.15, -0.1) is 0 Å². The molecule has 0 bridgehead atoms.